The van der Waals surface area contributed by atoms with E-state index in [4.69, 9.17) is 9.47 Å². The van der Waals surface area contributed by atoms with Crippen molar-refractivity contribution in [3.63, 3.8) is 0 Å². The van der Waals surface area contributed by atoms with Crippen LogP contribution in [-0.2, 0) is 6.54 Å². The van der Waals surface area contributed by atoms with Crippen LogP contribution in [0.2, 0.25) is 0 Å². The largest absolute Gasteiger partial charge is 0.497 e. The molecule has 0 radical (unpaired) electrons. The quantitative estimate of drug-likeness (QED) is 0.871. The third kappa shape index (κ3) is 2.93. The van der Waals surface area contributed by atoms with Gasteiger partial charge in [-0.05, 0) is 25.1 Å². The van der Waals surface area contributed by atoms with E-state index in [0.29, 0.717) is 24.6 Å². The molecule has 2 aromatic rings. The van der Waals surface area contributed by atoms with Gasteiger partial charge in [0.25, 0.3) is 0 Å². The summed E-state index contributed by atoms with van der Waals surface area (Å²) in [6.07, 6.45) is 4.37. The minimum Gasteiger partial charge on any atom is -0.497 e. The Kier molecular flexibility index (Phi) is 4.04. The van der Waals surface area contributed by atoms with Crippen LogP contribution in [0.25, 0.3) is 11.4 Å². The van der Waals surface area contributed by atoms with Gasteiger partial charge in [0.1, 0.15) is 17.3 Å². The molecule has 1 aromatic heterocycles. The van der Waals surface area contributed by atoms with Crippen molar-refractivity contribution in [3.8, 4) is 22.9 Å². The van der Waals surface area contributed by atoms with Crippen molar-refractivity contribution in [2.24, 2.45) is 0 Å². The Bertz CT molecular complexity index is 626. The highest BCUT2D eigenvalue weighted by Crippen LogP contribution is 2.30. The van der Waals surface area contributed by atoms with Crippen molar-refractivity contribution in [1.82, 2.24) is 14.9 Å². The Morgan fingerprint density at radius 3 is 2.59 bits per heavy atom. The number of methoxy groups -OCH3 is 2. The lowest BCUT2D eigenvalue weighted by Gasteiger charge is -2.23. The van der Waals surface area contributed by atoms with Crippen molar-refractivity contribution in [3.05, 3.63) is 30.6 Å². The molecular weight excluding hydrogens is 282 g/mol. The Morgan fingerprint density at radius 1 is 1.27 bits per heavy atom. The number of β-amino-alcohol motifs (C(OH)–C–C–N with tert-alkyl or cyclic N) is 1. The topological polar surface area (TPSA) is 68.5 Å². The molecule has 2 heterocycles. The summed E-state index contributed by atoms with van der Waals surface area (Å²) in [6, 6.07) is 5.65. The summed E-state index contributed by atoms with van der Waals surface area (Å²) < 4.78 is 12.6. The van der Waals surface area contributed by atoms with E-state index < -0.39 is 5.60 Å². The number of nitrogens with one attached hydrogen (secondary N) is 1. The molecule has 6 nitrogen and oxygen atoms in total. The summed E-state index contributed by atoms with van der Waals surface area (Å²) in [4.78, 5) is 4.43. The second kappa shape index (κ2) is 5.98. The minimum absolute atomic E-state index is 0.509. The van der Waals surface area contributed by atoms with Gasteiger partial charge in [-0.25, -0.2) is 4.98 Å². The standard InChI is InChI=1S/C16H21N3O3/c1-21-13-7-12(8-14(9-13)22-2)15-18-5-6-19(15)11-16(20)3-4-17-10-16/h5-9,17,20H,3-4,10-11H2,1-2H3. The van der Waals surface area contributed by atoms with Gasteiger partial charge in [0.05, 0.1) is 26.4 Å². The van der Waals surface area contributed by atoms with Crippen LogP contribution in [0.1, 0.15) is 6.42 Å². The fourth-order valence-electron chi connectivity index (χ4n) is 2.82. The molecule has 0 bridgehead atoms. The lowest BCUT2D eigenvalue weighted by molar-refractivity contribution is 0.0436. The maximum Gasteiger partial charge on any atom is 0.140 e. The molecule has 1 atom stereocenters. The molecule has 118 valence electrons. The van der Waals surface area contributed by atoms with Gasteiger partial charge in [0, 0.05) is 30.6 Å². The van der Waals surface area contributed by atoms with Gasteiger partial charge in [-0.1, -0.05) is 0 Å². The zero-order chi connectivity index (χ0) is 15.6. The SMILES string of the molecule is COc1cc(OC)cc(-c2nccn2CC2(O)CCNC2)c1. The van der Waals surface area contributed by atoms with Crippen LogP contribution >= 0.6 is 0 Å². The monoisotopic (exact) mass is 303 g/mol. The van der Waals surface area contributed by atoms with Crippen molar-refractivity contribution < 1.29 is 14.6 Å². The number of benzene rings is 1. The molecule has 0 spiro atoms. The smallest absolute Gasteiger partial charge is 0.140 e. The number of aromatic nitrogens is 2. The molecule has 0 aliphatic carbocycles. The van der Waals surface area contributed by atoms with Gasteiger partial charge in [0.2, 0.25) is 0 Å². The highest BCUT2D eigenvalue weighted by Gasteiger charge is 2.32. The minimum atomic E-state index is -0.724. The molecule has 1 fully saturated rings. The molecule has 2 N–H and O–H groups in total. The molecule has 3 rings (SSSR count). The summed E-state index contributed by atoms with van der Waals surface area (Å²) in [7, 11) is 3.25. The molecule has 1 unspecified atom stereocenters. The van der Waals surface area contributed by atoms with E-state index in [-0.39, 0.29) is 0 Å². The van der Waals surface area contributed by atoms with Gasteiger partial charge in [-0.2, -0.15) is 0 Å². The molecule has 1 aliphatic rings. The average molecular weight is 303 g/mol. The first-order valence-electron chi connectivity index (χ1n) is 7.31. The number of aliphatic hydroxyl groups is 1. The number of hydrogen-bond acceptors (Lipinski definition) is 5. The molecule has 1 aromatic carbocycles. The summed E-state index contributed by atoms with van der Waals surface area (Å²) in [5, 5.41) is 13.8. The predicted molar refractivity (Wildman–Crippen MR) is 83.2 cm³/mol. The molecule has 0 saturated carbocycles. The van der Waals surface area contributed by atoms with Gasteiger partial charge < -0.3 is 24.5 Å². The first kappa shape index (κ1) is 14.9. The second-order valence-corrected chi connectivity index (χ2v) is 5.63. The first-order valence-corrected chi connectivity index (χ1v) is 7.31. The average Bonchev–Trinajstić information content (AvgIpc) is 3.16. The molecule has 1 aliphatic heterocycles. The zero-order valence-corrected chi connectivity index (χ0v) is 12.9. The number of ether oxygens (including phenoxy) is 2. The van der Waals surface area contributed by atoms with E-state index in [0.717, 1.165) is 24.4 Å². The predicted octanol–water partition coefficient (Wildman–Crippen LogP) is 1.29. The summed E-state index contributed by atoms with van der Waals surface area (Å²) in [5.74, 6) is 2.22. The third-order valence-corrected chi connectivity index (χ3v) is 4.01. The van der Waals surface area contributed by atoms with Crippen molar-refractivity contribution >= 4 is 0 Å². The molecule has 6 heteroatoms. The molecule has 0 amide bonds. The summed E-state index contributed by atoms with van der Waals surface area (Å²) in [6.45, 7) is 1.95. The van der Waals surface area contributed by atoms with Crippen molar-refractivity contribution in [2.75, 3.05) is 27.3 Å². The lowest BCUT2D eigenvalue weighted by atomic mass is 10.0. The van der Waals surface area contributed by atoms with Crippen LogP contribution in [0.5, 0.6) is 11.5 Å². The van der Waals surface area contributed by atoms with E-state index in [1.807, 2.05) is 29.0 Å². The number of nitrogens with zero attached hydrogens (tertiary/aromatic N) is 2. The zero-order valence-electron chi connectivity index (χ0n) is 12.9. The van der Waals surface area contributed by atoms with Crippen LogP contribution < -0.4 is 14.8 Å². The Hall–Kier alpha value is -2.05. The fraction of sp³-hybridized carbons (Fsp3) is 0.438. The normalized spacial score (nSPS) is 21.0. The van der Waals surface area contributed by atoms with Gasteiger partial charge in [-0.15, -0.1) is 0 Å². The van der Waals surface area contributed by atoms with Crippen LogP contribution in [0.15, 0.2) is 30.6 Å². The van der Waals surface area contributed by atoms with Crippen LogP contribution in [0, 0.1) is 0 Å². The first-order chi connectivity index (χ1) is 10.6. The summed E-state index contributed by atoms with van der Waals surface area (Å²) >= 11 is 0. The van der Waals surface area contributed by atoms with Crippen molar-refractivity contribution in [2.45, 2.75) is 18.6 Å². The van der Waals surface area contributed by atoms with E-state index in [1.54, 1.807) is 20.4 Å². The fourth-order valence-corrected chi connectivity index (χ4v) is 2.82. The van der Waals surface area contributed by atoms with Gasteiger partial charge in [0.15, 0.2) is 0 Å². The van der Waals surface area contributed by atoms with Crippen LogP contribution in [0.4, 0.5) is 0 Å². The molecular formula is C16H21N3O3. The maximum atomic E-state index is 10.6. The Labute approximate surface area is 129 Å². The van der Waals surface area contributed by atoms with Crippen LogP contribution in [-0.4, -0.2) is 47.6 Å². The van der Waals surface area contributed by atoms with E-state index in [1.165, 1.54) is 0 Å². The highest BCUT2D eigenvalue weighted by molar-refractivity contribution is 5.61. The highest BCUT2D eigenvalue weighted by atomic mass is 16.5. The van der Waals surface area contributed by atoms with Gasteiger partial charge >= 0.3 is 0 Å². The third-order valence-electron chi connectivity index (χ3n) is 4.01. The molecule has 22 heavy (non-hydrogen) atoms. The second-order valence-electron chi connectivity index (χ2n) is 5.63. The number of hydrogen-bond donors (Lipinski definition) is 2. The molecule has 1 saturated heterocycles. The number of rotatable bonds is 5. The van der Waals surface area contributed by atoms with E-state index in [9.17, 15) is 5.11 Å². The van der Waals surface area contributed by atoms with Gasteiger partial charge in [-0.3, -0.25) is 0 Å². The maximum absolute atomic E-state index is 10.6. The summed E-state index contributed by atoms with van der Waals surface area (Å²) in [5.41, 5.74) is 0.175. The van der Waals surface area contributed by atoms with E-state index in [2.05, 4.69) is 10.3 Å². The van der Waals surface area contributed by atoms with Crippen molar-refractivity contribution in [1.29, 1.82) is 0 Å². The Balaban J connectivity index is 1.94. The van der Waals surface area contributed by atoms with Crippen LogP contribution in [0.3, 0.4) is 0 Å². The number of imidazole rings is 1. The Morgan fingerprint density at radius 2 is 2.00 bits per heavy atom. The van der Waals surface area contributed by atoms with E-state index >= 15 is 0 Å². The lowest BCUT2D eigenvalue weighted by Crippen LogP contribution is -2.36.